The molecule has 2 aromatic rings. The van der Waals surface area contributed by atoms with Gasteiger partial charge in [-0.2, -0.15) is 4.48 Å². The Morgan fingerprint density at radius 2 is 1.89 bits per heavy atom. The van der Waals surface area contributed by atoms with Gasteiger partial charge in [-0.1, -0.05) is 29.8 Å². The van der Waals surface area contributed by atoms with Crippen molar-refractivity contribution in [1.29, 1.82) is 0 Å². The number of ether oxygens (including phenoxy) is 2. The number of morpholine rings is 1. The lowest BCUT2D eigenvalue weighted by molar-refractivity contribution is -0.127. The maximum atomic E-state index is 13.4. The van der Waals surface area contributed by atoms with Crippen LogP contribution in [0.2, 0.25) is 5.02 Å². The van der Waals surface area contributed by atoms with E-state index in [0.717, 1.165) is 0 Å². The number of hydrogen-bond donors (Lipinski definition) is 2. The normalized spacial score (nSPS) is 26.5. The first kappa shape index (κ1) is 24.9. The molecule has 0 aliphatic carbocycles. The van der Waals surface area contributed by atoms with Gasteiger partial charge >= 0.3 is 6.03 Å². The van der Waals surface area contributed by atoms with Crippen molar-refractivity contribution in [3.63, 3.8) is 0 Å². The molecule has 9 nitrogen and oxygen atoms in total. The molecule has 1 unspecified atom stereocenters. The zero-order valence-corrected chi connectivity index (χ0v) is 19.9. The first-order chi connectivity index (χ1) is 16.8. The SMILES string of the molecule is C=CCO[C@@H]1C[C@](C(N)=O)(c2ccc(N3CCOCC3=O)cc2)[N+](C(N)=O)(c2ccc(Cl)cc2)C1. The number of rotatable bonds is 7. The van der Waals surface area contributed by atoms with Crippen molar-refractivity contribution >= 4 is 40.8 Å². The van der Waals surface area contributed by atoms with Crippen LogP contribution in [-0.2, 0) is 24.6 Å². The topological polar surface area (TPSA) is 125 Å². The summed E-state index contributed by atoms with van der Waals surface area (Å²) in [6.07, 6.45) is 1.21. The molecule has 2 aliphatic heterocycles. The number of primary amides is 2. The third-order valence-corrected chi connectivity index (χ3v) is 7.05. The van der Waals surface area contributed by atoms with Crippen LogP contribution in [0, 0.1) is 0 Å². The fourth-order valence-corrected chi connectivity index (χ4v) is 5.36. The van der Waals surface area contributed by atoms with Crippen LogP contribution in [0.3, 0.4) is 0 Å². The fourth-order valence-electron chi connectivity index (χ4n) is 5.23. The largest absolute Gasteiger partial charge is 0.420 e. The Morgan fingerprint density at radius 3 is 2.46 bits per heavy atom. The van der Waals surface area contributed by atoms with Crippen molar-refractivity contribution in [2.75, 3.05) is 37.8 Å². The van der Waals surface area contributed by atoms with Crippen molar-refractivity contribution in [1.82, 2.24) is 4.48 Å². The van der Waals surface area contributed by atoms with Crippen molar-refractivity contribution < 1.29 is 23.9 Å². The third-order valence-electron chi connectivity index (χ3n) is 6.80. The number of nitrogens with two attached hydrogens (primary N) is 2. The van der Waals surface area contributed by atoms with Gasteiger partial charge in [-0.25, -0.2) is 4.79 Å². The number of hydrogen-bond acceptors (Lipinski definition) is 5. The second-order valence-electron chi connectivity index (χ2n) is 8.62. The molecule has 184 valence electrons. The van der Waals surface area contributed by atoms with E-state index in [1.54, 1.807) is 59.5 Å². The van der Waals surface area contributed by atoms with E-state index in [0.29, 0.717) is 35.1 Å². The van der Waals surface area contributed by atoms with Crippen LogP contribution in [0.5, 0.6) is 0 Å². The molecular formula is C25H28ClN4O5+. The number of nitrogens with zero attached hydrogens (tertiary/aromatic N) is 2. The molecule has 2 aromatic carbocycles. The number of carbonyl (C=O) groups is 3. The lowest BCUT2D eigenvalue weighted by Crippen LogP contribution is -2.70. The van der Waals surface area contributed by atoms with E-state index in [4.69, 9.17) is 32.5 Å². The van der Waals surface area contributed by atoms with E-state index >= 15 is 0 Å². The molecule has 2 saturated heterocycles. The first-order valence-electron chi connectivity index (χ1n) is 11.2. The highest BCUT2D eigenvalue weighted by Crippen LogP contribution is 2.50. The third kappa shape index (κ3) is 4.10. The Labute approximate surface area is 208 Å². The summed E-state index contributed by atoms with van der Waals surface area (Å²) in [6.45, 7) is 4.87. The number of halogens is 1. The molecule has 0 radical (unpaired) electrons. The molecule has 4 N–H and O–H groups in total. The lowest BCUT2D eigenvalue weighted by atomic mass is 9.83. The molecule has 0 spiro atoms. The van der Waals surface area contributed by atoms with Crippen LogP contribution < -0.4 is 20.9 Å². The van der Waals surface area contributed by atoms with Gasteiger partial charge in [0.1, 0.15) is 24.9 Å². The van der Waals surface area contributed by atoms with Gasteiger partial charge in [-0.15, -0.1) is 6.58 Å². The molecule has 10 heteroatoms. The van der Waals surface area contributed by atoms with Gasteiger partial charge in [0.25, 0.3) is 11.8 Å². The minimum absolute atomic E-state index is 0.00748. The summed E-state index contributed by atoms with van der Waals surface area (Å²) in [5.74, 6) is -0.873. The van der Waals surface area contributed by atoms with Gasteiger partial charge in [0.15, 0.2) is 0 Å². The molecule has 4 rings (SSSR count). The second-order valence-corrected chi connectivity index (χ2v) is 9.06. The molecule has 0 saturated carbocycles. The van der Waals surface area contributed by atoms with E-state index in [2.05, 4.69) is 6.58 Å². The number of likely N-dealkylation sites (tertiary alicyclic amines) is 1. The highest BCUT2D eigenvalue weighted by Gasteiger charge is 2.68. The van der Waals surface area contributed by atoms with Gasteiger partial charge in [0.05, 0.1) is 13.2 Å². The zero-order valence-electron chi connectivity index (χ0n) is 19.2. The summed E-state index contributed by atoms with van der Waals surface area (Å²) < 4.78 is 10.6. The lowest BCUT2D eigenvalue weighted by Gasteiger charge is -2.42. The first-order valence-corrected chi connectivity index (χ1v) is 11.6. The molecule has 2 fully saturated rings. The van der Waals surface area contributed by atoms with Crippen LogP contribution >= 0.6 is 11.6 Å². The van der Waals surface area contributed by atoms with Crippen molar-refractivity contribution in [2.45, 2.75) is 18.1 Å². The summed E-state index contributed by atoms with van der Waals surface area (Å²) in [7, 11) is 0. The fraction of sp³-hybridized carbons (Fsp3) is 0.320. The van der Waals surface area contributed by atoms with Gasteiger partial charge < -0.3 is 25.8 Å². The summed E-state index contributed by atoms with van der Waals surface area (Å²) in [5, 5.41) is 0.472. The number of urea groups is 1. The maximum absolute atomic E-state index is 13.4. The summed E-state index contributed by atoms with van der Waals surface area (Å²) >= 11 is 6.10. The van der Waals surface area contributed by atoms with Crippen LogP contribution in [0.25, 0.3) is 0 Å². The van der Waals surface area contributed by atoms with Gasteiger partial charge in [0, 0.05) is 41.4 Å². The van der Waals surface area contributed by atoms with Crippen LogP contribution in [0.15, 0.2) is 61.2 Å². The van der Waals surface area contributed by atoms with Crippen LogP contribution in [0.1, 0.15) is 12.0 Å². The number of quaternary nitrogens is 1. The Morgan fingerprint density at radius 1 is 1.20 bits per heavy atom. The molecule has 0 aromatic heterocycles. The maximum Gasteiger partial charge on any atom is 0.420 e. The van der Waals surface area contributed by atoms with E-state index in [1.165, 1.54) is 0 Å². The molecule has 4 amide bonds. The van der Waals surface area contributed by atoms with Crippen LogP contribution in [0.4, 0.5) is 16.2 Å². The quantitative estimate of drug-likeness (QED) is 0.447. The van der Waals surface area contributed by atoms with Gasteiger partial charge in [-0.05, 0) is 24.3 Å². The Bertz CT molecular complexity index is 1140. The zero-order chi connectivity index (χ0) is 25.2. The van der Waals surface area contributed by atoms with Gasteiger partial charge in [-0.3, -0.25) is 9.59 Å². The average molecular weight is 500 g/mol. The number of carbonyl (C=O) groups excluding carboxylic acids is 3. The summed E-state index contributed by atoms with van der Waals surface area (Å²) in [6, 6.07) is 12.8. The Kier molecular flexibility index (Phi) is 6.95. The Balaban J connectivity index is 1.88. The summed E-state index contributed by atoms with van der Waals surface area (Å²) in [4.78, 5) is 40.5. The monoisotopic (exact) mass is 499 g/mol. The number of benzene rings is 2. The van der Waals surface area contributed by atoms with Crippen molar-refractivity contribution in [3.05, 3.63) is 71.8 Å². The summed E-state index contributed by atoms with van der Waals surface area (Å²) in [5.41, 5.74) is 12.2. The molecule has 2 aliphatic rings. The van der Waals surface area contributed by atoms with Crippen LogP contribution in [-0.4, -0.2) is 56.9 Å². The van der Waals surface area contributed by atoms with Crippen molar-refractivity contribution in [2.24, 2.45) is 11.5 Å². The highest BCUT2D eigenvalue weighted by atomic mass is 35.5. The predicted octanol–water partition coefficient (Wildman–Crippen LogP) is 2.44. The van der Waals surface area contributed by atoms with E-state index in [9.17, 15) is 14.4 Å². The molecule has 2 heterocycles. The van der Waals surface area contributed by atoms with Crippen molar-refractivity contribution in [3.8, 4) is 0 Å². The molecule has 35 heavy (non-hydrogen) atoms. The smallest absolute Gasteiger partial charge is 0.370 e. The number of anilines is 1. The molecule has 0 bridgehead atoms. The molecule has 3 atom stereocenters. The number of amides is 4. The second kappa shape index (κ2) is 9.79. The molecular weight excluding hydrogens is 472 g/mol. The minimum atomic E-state index is -1.56. The minimum Gasteiger partial charge on any atom is -0.370 e. The van der Waals surface area contributed by atoms with E-state index < -0.39 is 28.1 Å². The van der Waals surface area contributed by atoms with E-state index in [-0.39, 0.29) is 32.1 Å². The van der Waals surface area contributed by atoms with E-state index in [1.807, 2.05) is 0 Å². The Hall–Kier alpha value is -3.24. The highest BCUT2D eigenvalue weighted by molar-refractivity contribution is 6.30. The average Bonchev–Trinajstić information content (AvgIpc) is 3.21. The standard InChI is InChI=1S/C25H27ClN4O5/c1-2-12-35-21-14-25(23(27)32,30(15-21,24(28)33)20-9-5-18(26)6-10-20)17-3-7-19(8-4-17)29-11-13-34-16-22(29)31/h2-10,21H,1,11-16H2,(H3-,27,28,32,33)/p+1/t21-,25-,30?/m1/s1. The predicted molar refractivity (Wildman–Crippen MR) is 133 cm³/mol. The van der Waals surface area contributed by atoms with Gasteiger partial charge in [0.2, 0.25) is 5.54 Å².